The molecule has 1 aromatic carbocycles. The van der Waals surface area contributed by atoms with Gasteiger partial charge in [-0.05, 0) is 69.5 Å². The minimum absolute atomic E-state index is 0.0571. The first-order valence-corrected chi connectivity index (χ1v) is 9.10. The Morgan fingerprint density at radius 2 is 1.92 bits per heavy atom. The Balaban J connectivity index is 1.58. The molecule has 1 N–H and O–H groups in total. The first kappa shape index (κ1) is 16.0. The van der Waals surface area contributed by atoms with Crippen molar-refractivity contribution in [2.24, 2.45) is 5.92 Å². The van der Waals surface area contributed by atoms with Crippen LogP contribution in [0.1, 0.15) is 38.5 Å². The summed E-state index contributed by atoms with van der Waals surface area (Å²) in [6.07, 6.45) is 5.95. The number of hydrogen-bond donors (Lipinski definition) is 1. The highest BCUT2D eigenvalue weighted by Gasteiger charge is 2.45. The Kier molecular flexibility index (Phi) is 4.31. The molecule has 1 amide bonds. The van der Waals surface area contributed by atoms with Gasteiger partial charge < -0.3 is 15.0 Å². The molecule has 1 spiro atoms. The minimum atomic E-state index is -0.271. The lowest BCUT2D eigenvalue weighted by molar-refractivity contribution is -0.125. The number of nitrogens with zero attached hydrogens (tertiary/aromatic N) is 1. The Hall–Kier alpha value is -1.46. The normalized spacial score (nSPS) is 26.3. The molecule has 3 fully saturated rings. The molecule has 5 heteroatoms. The zero-order valence-electron chi connectivity index (χ0n) is 14.0. The van der Waals surface area contributed by atoms with Gasteiger partial charge in [0.1, 0.15) is 5.82 Å². The van der Waals surface area contributed by atoms with E-state index in [4.69, 9.17) is 4.74 Å². The molecule has 1 aliphatic carbocycles. The maximum atomic E-state index is 13.3. The molecule has 0 unspecified atom stereocenters. The summed E-state index contributed by atoms with van der Waals surface area (Å²) < 4.78 is 19.5. The van der Waals surface area contributed by atoms with Crippen LogP contribution in [0.3, 0.4) is 0 Å². The number of carbonyl (C=O) groups excluding carboxylic acids is 1. The molecule has 0 radical (unpaired) electrons. The van der Waals surface area contributed by atoms with Gasteiger partial charge in [0.05, 0.1) is 18.2 Å². The van der Waals surface area contributed by atoms with E-state index in [1.165, 1.54) is 12.1 Å². The van der Waals surface area contributed by atoms with Gasteiger partial charge >= 0.3 is 0 Å². The van der Waals surface area contributed by atoms with Crippen molar-refractivity contribution in [3.63, 3.8) is 0 Å². The number of anilines is 1. The van der Waals surface area contributed by atoms with Crippen molar-refractivity contribution < 1.29 is 13.9 Å². The Morgan fingerprint density at radius 1 is 1.21 bits per heavy atom. The van der Waals surface area contributed by atoms with Crippen LogP contribution in [0.5, 0.6) is 0 Å². The van der Waals surface area contributed by atoms with Crippen molar-refractivity contribution in [3.05, 3.63) is 30.1 Å². The fourth-order valence-corrected chi connectivity index (χ4v) is 4.19. The molecule has 2 aliphatic heterocycles. The zero-order valence-corrected chi connectivity index (χ0v) is 14.0. The first-order valence-electron chi connectivity index (χ1n) is 9.10. The van der Waals surface area contributed by atoms with E-state index in [9.17, 15) is 9.18 Å². The van der Waals surface area contributed by atoms with Gasteiger partial charge in [-0.1, -0.05) is 6.42 Å². The molecule has 0 bridgehead atoms. The number of hydrogen-bond acceptors (Lipinski definition) is 3. The molecule has 130 valence electrons. The van der Waals surface area contributed by atoms with Crippen molar-refractivity contribution in [1.29, 1.82) is 0 Å². The van der Waals surface area contributed by atoms with Crippen molar-refractivity contribution in [2.45, 2.75) is 50.2 Å². The average Bonchev–Trinajstić information content (AvgIpc) is 2.92. The van der Waals surface area contributed by atoms with E-state index >= 15 is 0 Å². The Morgan fingerprint density at radius 3 is 2.54 bits per heavy atom. The van der Waals surface area contributed by atoms with Crippen LogP contribution < -0.4 is 10.2 Å². The van der Waals surface area contributed by atoms with E-state index < -0.39 is 0 Å². The predicted molar refractivity (Wildman–Crippen MR) is 90.4 cm³/mol. The SMILES string of the molecule is O=C(C1CCC1)N(c1ccc(F)cc1)[C@H]1COC2(CCNCC2)C1. The van der Waals surface area contributed by atoms with Crippen LogP contribution >= 0.6 is 0 Å². The fourth-order valence-electron chi connectivity index (χ4n) is 4.19. The van der Waals surface area contributed by atoms with Crippen molar-refractivity contribution in [3.8, 4) is 0 Å². The third-order valence-electron chi connectivity index (χ3n) is 5.87. The molecular formula is C19H25FN2O2. The molecule has 1 saturated carbocycles. The quantitative estimate of drug-likeness (QED) is 0.925. The number of carbonyl (C=O) groups is 1. The number of nitrogens with one attached hydrogen (secondary N) is 1. The van der Waals surface area contributed by atoms with E-state index in [0.717, 1.165) is 57.3 Å². The van der Waals surface area contributed by atoms with Crippen LogP contribution in [0.4, 0.5) is 10.1 Å². The topological polar surface area (TPSA) is 41.6 Å². The summed E-state index contributed by atoms with van der Waals surface area (Å²) >= 11 is 0. The van der Waals surface area contributed by atoms with Gasteiger partial charge in [0.2, 0.25) is 5.91 Å². The van der Waals surface area contributed by atoms with E-state index in [2.05, 4.69) is 5.32 Å². The fraction of sp³-hybridized carbons (Fsp3) is 0.632. The summed E-state index contributed by atoms with van der Waals surface area (Å²) in [5.74, 6) is 0.0411. The molecule has 2 saturated heterocycles. The molecule has 2 heterocycles. The number of piperidine rings is 1. The maximum Gasteiger partial charge on any atom is 0.230 e. The molecule has 24 heavy (non-hydrogen) atoms. The molecule has 4 rings (SSSR count). The predicted octanol–water partition coefficient (Wildman–Crippen LogP) is 2.87. The van der Waals surface area contributed by atoms with Crippen LogP contribution in [0.2, 0.25) is 0 Å². The largest absolute Gasteiger partial charge is 0.373 e. The lowest BCUT2D eigenvalue weighted by Crippen LogP contribution is -2.47. The van der Waals surface area contributed by atoms with Crippen molar-refractivity contribution in [1.82, 2.24) is 5.32 Å². The summed E-state index contributed by atoms with van der Waals surface area (Å²) in [5, 5.41) is 3.37. The van der Waals surface area contributed by atoms with E-state index in [-0.39, 0.29) is 29.3 Å². The second-order valence-electron chi connectivity index (χ2n) is 7.41. The second kappa shape index (κ2) is 6.45. The lowest BCUT2D eigenvalue weighted by Gasteiger charge is -2.36. The number of ether oxygens (including phenoxy) is 1. The third kappa shape index (κ3) is 2.95. The molecule has 4 nitrogen and oxygen atoms in total. The number of amides is 1. The minimum Gasteiger partial charge on any atom is -0.373 e. The van der Waals surface area contributed by atoms with Gasteiger partial charge in [-0.3, -0.25) is 4.79 Å². The van der Waals surface area contributed by atoms with Crippen LogP contribution in [-0.4, -0.2) is 37.2 Å². The van der Waals surface area contributed by atoms with Gasteiger partial charge in [-0.2, -0.15) is 0 Å². The number of rotatable bonds is 3. The van der Waals surface area contributed by atoms with Crippen molar-refractivity contribution >= 4 is 11.6 Å². The Bertz CT molecular complexity index is 594. The van der Waals surface area contributed by atoms with Crippen LogP contribution in [0, 0.1) is 11.7 Å². The second-order valence-corrected chi connectivity index (χ2v) is 7.41. The summed E-state index contributed by atoms with van der Waals surface area (Å²) in [7, 11) is 0. The molecule has 0 aromatic heterocycles. The zero-order chi connectivity index (χ0) is 16.6. The summed E-state index contributed by atoms with van der Waals surface area (Å²) in [6, 6.07) is 6.37. The van der Waals surface area contributed by atoms with E-state index in [1.54, 1.807) is 12.1 Å². The molecule has 1 atom stereocenters. The maximum absolute atomic E-state index is 13.3. The first-order chi connectivity index (χ1) is 11.7. The molecule has 3 aliphatic rings. The van der Waals surface area contributed by atoms with Gasteiger partial charge in [-0.15, -0.1) is 0 Å². The monoisotopic (exact) mass is 332 g/mol. The molecular weight excluding hydrogens is 307 g/mol. The van der Waals surface area contributed by atoms with Gasteiger partial charge in [-0.25, -0.2) is 4.39 Å². The number of benzene rings is 1. The highest BCUT2D eigenvalue weighted by Crippen LogP contribution is 2.39. The highest BCUT2D eigenvalue weighted by molar-refractivity contribution is 5.96. The van der Waals surface area contributed by atoms with Crippen LogP contribution in [0.15, 0.2) is 24.3 Å². The summed E-state index contributed by atoms with van der Waals surface area (Å²) in [4.78, 5) is 14.9. The average molecular weight is 332 g/mol. The van der Waals surface area contributed by atoms with Gasteiger partial charge in [0.25, 0.3) is 0 Å². The van der Waals surface area contributed by atoms with Gasteiger partial charge in [0.15, 0.2) is 0 Å². The standard InChI is InChI=1S/C19H25FN2O2/c20-15-4-6-16(7-5-15)22(18(23)14-2-1-3-14)17-12-19(24-13-17)8-10-21-11-9-19/h4-7,14,17,21H,1-3,8-13H2/t17-/m1/s1. The van der Waals surface area contributed by atoms with Crippen LogP contribution in [0.25, 0.3) is 0 Å². The summed E-state index contributed by atoms with van der Waals surface area (Å²) in [6.45, 7) is 2.52. The lowest BCUT2D eigenvalue weighted by atomic mass is 9.83. The van der Waals surface area contributed by atoms with Crippen molar-refractivity contribution in [2.75, 3.05) is 24.6 Å². The van der Waals surface area contributed by atoms with E-state index in [0.29, 0.717) is 6.61 Å². The highest BCUT2D eigenvalue weighted by atomic mass is 19.1. The van der Waals surface area contributed by atoms with E-state index in [1.807, 2.05) is 4.90 Å². The Labute approximate surface area is 142 Å². The van der Waals surface area contributed by atoms with Gasteiger partial charge in [0, 0.05) is 11.6 Å². The third-order valence-corrected chi connectivity index (χ3v) is 5.87. The molecule has 1 aromatic rings. The van der Waals surface area contributed by atoms with Crippen LogP contribution in [-0.2, 0) is 9.53 Å². The smallest absolute Gasteiger partial charge is 0.230 e. The number of halogens is 1. The summed E-state index contributed by atoms with van der Waals surface area (Å²) in [5.41, 5.74) is 0.710.